The van der Waals surface area contributed by atoms with Gasteiger partial charge in [-0.1, -0.05) is 6.07 Å². The third kappa shape index (κ3) is 2.80. The first-order valence-corrected chi connectivity index (χ1v) is 3.82. The van der Waals surface area contributed by atoms with Crippen molar-refractivity contribution in [2.24, 2.45) is 0 Å². The molecule has 1 atom stereocenters. The van der Waals surface area contributed by atoms with E-state index in [1.165, 1.54) is 0 Å². The standard InChI is InChI=1S/C7H9BrN.BrH/c1-7(8)9-5-3-2-4-6-9;/h2-7H,1H3;1H/q+1;/p-1. The summed E-state index contributed by atoms with van der Waals surface area (Å²) in [4.78, 5) is 0.388. The third-order valence-electron chi connectivity index (χ3n) is 1.15. The van der Waals surface area contributed by atoms with E-state index in [1.54, 1.807) is 0 Å². The maximum absolute atomic E-state index is 3.45. The maximum Gasteiger partial charge on any atom is 0.209 e. The molecule has 1 rings (SSSR count). The van der Waals surface area contributed by atoms with Gasteiger partial charge < -0.3 is 17.0 Å². The number of rotatable bonds is 1. The zero-order valence-electron chi connectivity index (χ0n) is 5.67. The zero-order chi connectivity index (χ0) is 6.69. The molecule has 1 nitrogen and oxygen atoms in total. The number of nitrogens with zero attached hydrogens (tertiary/aromatic N) is 1. The summed E-state index contributed by atoms with van der Waals surface area (Å²) in [5, 5.41) is 0. The van der Waals surface area contributed by atoms with E-state index < -0.39 is 0 Å². The Hall–Kier alpha value is 0.110. The van der Waals surface area contributed by atoms with Crippen molar-refractivity contribution in [2.75, 3.05) is 0 Å². The Morgan fingerprint density at radius 3 is 2.00 bits per heavy atom. The van der Waals surface area contributed by atoms with Crippen LogP contribution < -0.4 is 21.5 Å². The topological polar surface area (TPSA) is 3.88 Å². The van der Waals surface area contributed by atoms with Crippen LogP contribution in [-0.4, -0.2) is 0 Å². The summed E-state index contributed by atoms with van der Waals surface area (Å²) >= 11 is 3.45. The minimum absolute atomic E-state index is 0. The number of hydrogen-bond acceptors (Lipinski definition) is 0. The van der Waals surface area contributed by atoms with E-state index in [0.717, 1.165) is 0 Å². The quantitative estimate of drug-likeness (QED) is 0.449. The Kier molecular flexibility index (Phi) is 4.91. The Morgan fingerprint density at radius 2 is 1.70 bits per heavy atom. The molecule has 0 N–H and O–H groups in total. The lowest BCUT2D eigenvalue weighted by atomic mass is 10.5. The molecule has 1 aromatic heterocycles. The second-order valence-electron chi connectivity index (χ2n) is 1.90. The van der Waals surface area contributed by atoms with Gasteiger partial charge in [-0.3, -0.25) is 0 Å². The van der Waals surface area contributed by atoms with Crippen LogP contribution >= 0.6 is 15.9 Å². The number of aromatic nitrogens is 1. The van der Waals surface area contributed by atoms with Gasteiger partial charge in [0, 0.05) is 19.1 Å². The van der Waals surface area contributed by atoms with Crippen LogP contribution in [0.15, 0.2) is 30.6 Å². The number of pyridine rings is 1. The molecule has 3 heteroatoms. The predicted molar refractivity (Wildman–Crippen MR) is 40.3 cm³/mol. The van der Waals surface area contributed by atoms with Crippen molar-refractivity contribution in [3.8, 4) is 0 Å². The second-order valence-corrected chi connectivity index (χ2v) is 3.22. The SMILES string of the molecule is CC(Br)[n+]1ccccc1.[Br-]. The average molecular weight is 267 g/mol. The van der Waals surface area contributed by atoms with Crippen LogP contribution in [0.2, 0.25) is 0 Å². The van der Waals surface area contributed by atoms with Crippen LogP contribution in [0, 0.1) is 0 Å². The van der Waals surface area contributed by atoms with Gasteiger partial charge in [-0.2, -0.15) is 4.57 Å². The van der Waals surface area contributed by atoms with Crippen LogP contribution in [0.25, 0.3) is 0 Å². The average Bonchev–Trinajstić information content (AvgIpc) is 1.90. The molecule has 0 aromatic carbocycles. The fourth-order valence-electron chi connectivity index (χ4n) is 0.649. The summed E-state index contributed by atoms with van der Waals surface area (Å²) in [5.74, 6) is 0. The Labute approximate surface area is 80.0 Å². The zero-order valence-corrected chi connectivity index (χ0v) is 8.84. The monoisotopic (exact) mass is 265 g/mol. The molecule has 0 spiro atoms. The summed E-state index contributed by atoms with van der Waals surface area (Å²) < 4.78 is 2.08. The van der Waals surface area contributed by atoms with Crippen LogP contribution in [0.3, 0.4) is 0 Å². The highest BCUT2D eigenvalue weighted by atomic mass is 79.9. The van der Waals surface area contributed by atoms with Gasteiger partial charge in [0.15, 0.2) is 12.4 Å². The summed E-state index contributed by atoms with van der Waals surface area (Å²) in [6, 6.07) is 6.03. The van der Waals surface area contributed by atoms with Crippen LogP contribution in [0.4, 0.5) is 0 Å². The molecule has 0 aliphatic heterocycles. The largest absolute Gasteiger partial charge is 1.00 e. The molecule has 0 amide bonds. The Morgan fingerprint density at radius 1 is 1.20 bits per heavy atom. The van der Waals surface area contributed by atoms with Crippen molar-refractivity contribution < 1.29 is 21.5 Å². The number of alkyl halides is 1. The van der Waals surface area contributed by atoms with Crippen molar-refractivity contribution in [1.29, 1.82) is 0 Å². The smallest absolute Gasteiger partial charge is 0.209 e. The lowest BCUT2D eigenvalue weighted by Gasteiger charge is -1.94. The normalized spacial score (nSPS) is 11.8. The molecule has 0 aliphatic rings. The van der Waals surface area contributed by atoms with Crippen LogP contribution in [-0.2, 0) is 0 Å². The summed E-state index contributed by atoms with van der Waals surface area (Å²) in [5.41, 5.74) is 0. The van der Waals surface area contributed by atoms with Gasteiger partial charge in [0.2, 0.25) is 4.95 Å². The molecule has 0 aliphatic carbocycles. The van der Waals surface area contributed by atoms with Crippen molar-refractivity contribution in [3.05, 3.63) is 30.6 Å². The molecule has 1 unspecified atom stereocenters. The molecule has 56 valence electrons. The molecule has 1 heterocycles. The highest BCUT2D eigenvalue weighted by molar-refractivity contribution is 9.09. The number of halogens is 2. The van der Waals surface area contributed by atoms with E-state index in [0.29, 0.717) is 4.95 Å². The molecular weight excluding hydrogens is 258 g/mol. The van der Waals surface area contributed by atoms with Gasteiger partial charge in [0.25, 0.3) is 0 Å². The van der Waals surface area contributed by atoms with Crippen molar-refractivity contribution in [3.63, 3.8) is 0 Å². The molecule has 10 heavy (non-hydrogen) atoms. The Balaban J connectivity index is 0.000000810. The maximum atomic E-state index is 3.45. The predicted octanol–water partition coefficient (Wildman–Crippen LogP) is -1.11. The fraction of sp³-hybridized carbons (Fsp3) is 0.286. The van der Waals surface area contributed by atoms with Gasteiger partial charge in [0.1, 0.15) is 0 Å². The van der Waals surface area contributed by atoms with Crippen LogP contribution in [0.1, 0.15) is 11.9 Å². The second kappa shape index (κ2) is 4.85. The van der Waals surface area contributed by atoms with Crippen molar-refractivity contribution in [2.45, 2.75) is 11.9 Å². The lowest BCUT2D eigenvalue weighted by molar-refractivity contribution is -0.694. The molecule has 1 aromatic rings. The summed E-state index contributed by atoms with van der Waals surface area (Å²) in [7, 11) is 0. The first kappa shape index (κ1) is 10.1. The van der Waals surface area contributed by atoms with Gasteiger partial charge in [-0.05, 0) is 15.9 Å². The van der Waals surface area contributed by atoms with E-state index >= 15 is 0 Å². The van der Waals surface area contributed by atoms with E-state index in [-0.39, 0.29) is 17.0 Å². The van der Waals surface area contributed by atoms with E-state index in [4.69, 9.17) is 0 Å². The minimum atomic E-state index is 0. The fourth-order valence-corrected chi connectivity index (χ4v) is 0.922. The molecule has 0 radical (unpaired) electrons. The first-order valence-electron chi connectivity index (χ1n) is 2.90. The highest BCUT2D eigenvalue weighted by Crippen LogP contribution is 2.01. The molecule has 0 fully saturated rings. The first-order chi connectivity index (χ1) is 4.30. The molecule has 0 bridgehead atoms. The summed E-state index contributed by atoms with van der Waals surface area (Å²) in [6.07, 6.45) is 4.05. The minimum Gasteiger partial charge on any atom is -1.00 e. The highest BCUT2D eigenvalue weighted by Gasteiger charge is 2.02. The van der Waals surface area contributed by atoms with Crippen LogP contribution in [0.5, 0.6) is 0 Å². The molecule has 0 saturated heterocycles. The molecule has 0 saturated carbocycles. The van der Waals surface area contributed by atoms with Gasteiger partial charge >= 0.3 is 0 Å². The van der Waals surface area contributed by atoms with Crippen molar-refractivity contribution in [1.82, 2.24) is 0 Å². The van der Waals surface area contributed by atoms with E-state index in [1.807, 2.05) is 30.6 Å². The Bertz CT molecular complexity index is 174. The van der Waals surface area contributed by atoms with Gasteiger partial charge in [-0.15, -0.1) is 0 Å². The number of hydrogen-bond donors (Lipinski definition) is 0. The van der Waals surface area contributed by atoms with Gasteiger partial charge in [-0.25, -0.2) is 0 Å². The lowest BCUT2D eigenvalue weighted by Crippen LogP contribution is -3.00. The third-order valence-corrected chi connectivity index (χ3v) is 1.62. The summed E-state index contributed by atoms with van der Waals surface area (Å²) in [6.45, 7) is 2.08. The van der Waals surface area contributed by atoms with E-state index in [9.17, 15) is 0 Å². The van der Waals surface area contributed by atoms with Gasteiger partial charge in [0.05, 0.1) is 0 Å². The van der Waals surface area contributed by atoms with Crippen molar-refractivity contribution >= 4 is 15.9 Å². The molecular formula is C7H9Br2N. The van der Waals surface area contributed by atoms with E-state index in [2.05, 4.69) is 27.4 Å².